The number of thiophene rings is 1. The molecule has 96 valence electrons. The normalized spacial score (nSPS) is 10.8. The Balaban J connectivity index is 1.98. The third kappa shape index (κ3) is 2.73. The summed E-state index contributed by atoms with van der Waals surface area (Å²) < 4.78 is 0. The lowest BCUT2D eigenvalue weighted by atomic mass is 10.1. The number of nitrogens with zero attached hydrogens (tertiary/aromatic N) is 2. The van der Waals surface area contributed by atoms with Gasteiger partial charge in [0.1, 0.15) is 5.01 Å². The van der Waals surface area contributed by atoms with Crippen LogP contribution in [-0.2, 0) is 13.0 Å². The number of hydrogen-bond acceptors (Lipinski definition) is 5. The summed E-state index contributed by atoms with van der Waals surface area (Å²) in [4.78, 5) is 11.2. The molecule has 3 rings (SSSR count). The van der Waals surface area contributed by atoms with Crippen LogP contribution in [0.25, 0.3) is 10.6 Å². The van der Waals surface area contributed by atoms with Crippen molar-refractivity contribution < 1.29 is 0 Å². The van der Waals surface area contributed by atoms with Crippen LogP contribution in [0.2, 0.25) is 0 Å². The highest BCUT2D eigenvalue weighted by molar-refractivity contribution is 7.15. The lowest BCUT2D eigenvalue weighted by molar-refractivity contribution is 1.04. The summed E-state index contributed by atoms with van der Waals surface area (Å²) in [6.45, 7) is 0.499. The van der Waals surface area contributed by atoms with E-state index in [1.54, 1.807) is 22.7 Å². The number of nitrogens with two attached hydrogens (primary N) is 1. The van der Waals surface area contributed by atoms with Crippen molar-refractivity contribution >= 4 is 22.7 Å². The maximum Gasteiger partial charge on any atom is 0.107 e. The Morgan fingerprint density at radius 3 is 2.68 bits per heavy atom. The van der Waals surface area contributed by atoms with Crippen LogP contribution in [0.4, 0.5) is 0 Å². The number of thiazole rings is 1. The molecule has 2 N–H and O–H groups in total. The van der Waals surface area contributed by atoms with Gasteiger partial charge in [0.25, 0.3) is 0 Å². The molecule has 0 bridgehead atoms. The predicted molar refractivity (Wildman–Crippen MR) is 80.4 cm³/mol. The molecule has 0 spiro atoms. The van der Waals surface area contributed by atoms with Gasteiger partial charge >= 0.3 is 0 Å². The summed E-state index contributed by atoms with van der Waals surface area (Å²) in [5.74, 6) is 0. The fourth-order valence-corrected chi connectivity index (χ4v) is 3.70. The van der Waals surface area contributed by atoms with Crippen molar-refractivity contribution in [2.45, 2.75) is 13.0 Å². The molecule has 0 fully saturated rings. The van der Waals surface area contributed by atoms with Crippen molar-refractivity contribution in [1.82, 2.24) is 9.97 Å². The second-order valence-electron chi connectivity index (χ2n) is 4.09. The van der Waals surface area contributed by atoms with E-state index in [1.165, 1.54) is 15.3 Å². The number of hydrogen-bond donors (Lipinski definition) is 1. The number of aromatic nitrogens is 2. The Hall–Kier alpha value is -1.56. The summed E-state index contributed by atoms with van der Waals surface area (Å²) in [6.07, 6.45) is 4.53. The average molecular weight is 287 g/mol. The van der Waals surface area contributed by atoms with E-state index in [0.717, 1.165) is 17.1 Å². The topological polar surface area (TPSA) is 51.8 Å². The van der Waals surface area contributed by atoms with Gasteiger partial charge in [-0.05, 0) is 29.1 Å². The van der Waals surface area contributed by atoms with Gasteiger partial charge < -0.3 is 5.73 Å². The molecule has 0 aliphatic carbocycles. The Kier molecular flexibility index (Phi) is 3.68. The molecule has 0 saturated heterocycles. The van der Waals surface area contributed by atoms with Crippen molar-refractivity contribution in [3.05, 3.63) is 57.5 Å². The summed E-state index contributed by atoms with van der Waals surface area (Å²) >= 11 is 3.42. The first-order chi connectivity index (χ1) is 9.36. The average Bonchev–Trinajstić information content (AvgIpc) is 3.08. The van der Waals surface area contributed by atoms with Crippen LogP contribution < -0.4 is 5.73 Å². The van der Waals surface area contributed by atoms with Crippen LogP contribution in [0.1, 0.15) is 15.4 Å². The molecule has 0 aliphatic heterocycles. The smallest absolute Gasteiger partial charge is 0.107 e. The van der Waals surface area contributed by atoms with Crippen LogP contribution in [-0.4, -0.2) is 9.97 Å². The van der Waals surface area contributed by atoms with Gasteiger partial charge in [0.2, 0.25) is 0 Å². The highest BCUT2D eigenvalue weighted by atomic mass is 32.1. The third-order valence-corrected chi connectivity index (χ3v) is 4.74. The molecule has 3 heterocycles. The molecular formula is C14H13N3S2. The minimum Gasteiger partial charge on any atom is -0.325 e. The number of pyridine rings is 1. The molecule has 3 aromatic rings. The largest absolute Gasteiger partial charge is 0.325 e. The zero-order valence-electron chi connectivity index (χ0n) is 10.2. The van der Waals surface area contributed by atoms with Gasteiger partial charge in [0.05, 0.1) is 10.6 Å². The van der Waals surface area contributed by atoms with E-state index >= 15 is 0 Å². The van der Waals surface area contributed by atoms with Crippen LogP contribution in [0.3, 0.4) is 0 Å². The van der Waals surface area contributed by atoms with Crippen LogP contribution in [0.15, 0.2) is 42.0 Å². The van der Waals surface area contributed by atoms with Crippen molar-refractivity contribution in [3.8, 4) is 10.6 Å². The summed E-state index contributed by atoms with van der Waals surface area (Å²) in [7, 11) is 0. The molecule has 0 aliphatic rings. The standard InChI is InChI=1S/C14H13N3S2/c15-9-13-17-14(11-2-1-7-18-11)12(19-13)8-10-3-5-16-6-4-10/h1-7H,8-9,15H2. The van der Waals surface area contributed by atoms with E-state index < -0.39 is 0 Å². The Morgan fingerprint density at radius 1 is 1.16 bits per heavy atom. The van der Waals surface area contributed by atoms with Gasteiger partial charge in [0.15, 0.2) is 0 Å². The summed E-state index contributed by atoms with van der Waals surface area (Å²) in [5, 5.41) is 3.07. The van der Waals surface area contributed by atoms with E-state index in [1.807, 2.05) is 24.5 Å². The second-order valence-corrected chi connectivity index (χ2v) is 6.21. The van der Waals surface area contributed by atoms with Crippen molar-refractivity contribution in [2.24, 2.45) is 5.73 Å². The summed E-state index contributed by atoms with van der Waals surface area (Å²) in [6, 6.07) is 8.24. The van der Waals surface area contributed by atoms with Gasteiger partial charge in [-0.25, -0.2) is 4.98 Å². The van der Waals surface area contributed by atoms with Gasteiger partial charge in [0, 0.05) is 30.2 Å². The van der Waals surface area contributed by atoms with Gasteiger partial charge in [-0.2, -0.15) is 0 Å². The Bertz CT molecular complexity index is 645. The molecular weight excluding hydrogens is 274 g/mol. The fourth-order valence-electron chi connectivity index (χ4n) is 1.90. The highest BCUT2D eigenvalue weighted by Gasteiger charge is 2.13. The molecule has 5 heteroatoms. The Labute approximate surface area is 119 Å². The van der Waals surface area contributed by atoms with Crippen LogP contribution >= 0.6 is 22.7 Å². The van der Waals surface area contributed by atoms with Gasteiger partial charge in [-0.1, -0.05) is 6.07 Å². The second kappa shape index (κ2) is 5.61. The SMILES string of the molecule is NCc1nc(-c2cccs2)c(Cc2ccncc2)s1. The first kappa shape index (κ1) is 12.5. The predicted octanol–water partition coefficient (Wildman–Crippen LogP) is 3.32. The maximum absolute atomic E-state index is 5.72. The molecule has 0 unspecified atom stereocenters. The van der Waals surface area contributed by atoms with E-state index in [4.69, 9.17) is 5.73 Å². The van der Waals surface area contributed by atoms with E-state index in [0.29, 0.717) is 6.54 Å². The maximum atomic E-state index is 5.72. The van der Waals surface area contributed by atoms with E-state index in [9.17, 15) is 0 Å². The van der Waals surface area contributed by atoms with Crippen molar-refractivity contribution in [1.29, 1.82) is 0 Å². The zero-order valence-corrected chi connectivity index (χ0v) is 11.9. The fraction of sp³-hybridized carbons (Fsp3) is 0.143. The van der Waals surface area contributed by atoms with Crippen LogP contribution in [0, 0.1) is 0 Å². The van der Waals surface area contributed by atoms with Gasteiger partial charge in [-0.15, -0.1) is 22.7 Å². The monoisotopic (exact) mass is 287 g/mol. The molecule has 19 heavy (non-hydrogen) atoms. The lowest BCUT2D eigenvalue weighted by Gasteiger charge is -2.00. The van der Waals surface area contributed by atoms with E-state index in [-0.39, 0.29) is 0 Å². The molecule has 0 saturated carbocycles. The highest BCUT2D eigenvalue weighted by Crippen LogP contribution is 2.32. The Morgan fingerprint density at radius 2 is 2.00 bits per heavy atom. The lowest BCUT2D eigenvalue weighted by Crippen LogP contribution is -1.94. The molecule has 0 aromatic carbocycles. The van der Waals surface area contributed by atoms with E-state index in [2.05, 4.69) is 27.5 Å². The zero-order chi connectivity index (χ0) is 13.1. The molecule has 0 atom stereocenters. The third-order valence-electron chi connectivity index (χ3n) is 2.78. The number of rotatable bonds is 4. The first-order valence-electron chi connectivity index (χ1n) is 5.98. The minimum atomic E-state index is 0.499. The molecule has 3 aromatic heterocycles. The van der Waals surface area contributed by atoms with Crippen molar-refractivity contribution in [2.75, 3.05) is 0 Å². The first-order valence-corrected chi connectivity index (χ1v) is 7.68. The quantitative estimate of drug-likeness (QED) is 0.801. The van der Waals surface area contributed by atoms with Crippen molar-refractivity contribution in [3.63, 3.8) is 0 Å². The van der Waals surface area contributed by atoms with Crippen LogP contribution in [0.5, 0.6) is 0 Å². The molecule has 0 radical (unpaired) electrons. The molecule has 0 amide bonds. The van der Waals surface area contributed by atoms with Gasteiger partial charge in [-0.3, -0.25) is 4.98 Å². The minimum absolute atomic E-state index is 0.499. The molecule has 3 nitrogen and oxygen atoms in total. The summed E-state index contributed by atoms with van der Waals surface area (Å²) in [5.41, 5.74) is 8.05.